The topological polar surface area (TPSA) is 12.4 Å². The van der Waals surface area contributed by atoms with Crippen molar-refractivity contribution in [1.82, 2.24) is 0 Å². The SMILES string of the molecule is Cc1ccc(/N=C2/C(=C/Sc3ccc(F)cc3)C(C)(C)c3ccccc32)cc1. The number of aryl methyl sites for hydroxylation is 1. The molecule has 4 rings (SSSR count). The molecular weight excluding hydrogens is 365 g/mol. The number of hydrogen-bond donors (Lipinski definition) is 0. The van der Waals surface area contributed by atoms with Gasteiger partial charge < -0.3 is 0 Å². The van der Waals surface area contributed by atoms with Crippen molar-refractivity contribution < 1.29 is 4.39 Å². The van der Waals surface area contributed by atoms with E-state index in [1.807, 2.05) is 12.1 Å². The van der Waals surface area contributed by atoms with E-state index in [1.165, 1.54) is 34.4 Å². The van der Waals surface area contributed by atoms with E-state index in [1.54, 1.807) is 11.8 Å². The Hall–Kier alpha value is -2.65. The molecular formula is C25H22FNS. The van der Waals surface area contributed by atoms with Gasteiger partial charge in [-0.25, -0.2) is 9.38 Å². The van der Waals surface area contributed by atoms with Crippen molar-refractivity contribution >= 4 is 23.2 Å². The van der Waals surface area contributed by atoms with E-state index in [4.69, 9.17) is 4.99 Å². The van der Waals surface area contributed by atoms with Gasteiger partial charge in [-0.2, -0.15) is 0 Å². The molecule has 0 amide bonds. The van der Waals surface area contributed by atoms with Gasteiger partial charge in [0.2, 0.25) is 0 Å². The molecule has 1 nitrogen and oxygen atoms in total. The highest BCUT2D eigenvalue weighted by Gasteiger charge is 2.39. The zero-order valence-corrected chi connectivity index (χ0v) is 17.1. The Morgan fingerprint density at radius 1 is 0.893 bits per heavy atom. The van der Waals surface area contributed by atoms with Gasteiger partial charge in [-0.05, 0) is 59.9 Å². The van der Waals surface area contributed by atoms with E-state index in [0.29, 0.717) is 0 Å². The molecule has 0 atom stereocenters. The van der Waals surface area contributed by atoms with Crippen molar-refractivity contribution in [3.8, 4) is 0 Å². The van der Waals surface area contributed by atoms with Crippen LogP contribution in [-0.2, 0) is 5.41 Å². The van der Waals surface area contributed by atoms with E-state index in [0.717, 1.165) is 16.3 Å². The van der Waals surface area contributed by atoms with Crippen LogP contribution in [-0.4, -0.2) is 5.71 Å². The summed E-state index contributed by atoms with van der Waals surface area (Å²) in [5, 5.41) is 2.17. The molecule has 0 bridgehead atoms. The van der Waals surface area contributed by atoms with Gasteiger partial charge in [0.25, 0.3) is 0 Å². The monoisotopic (exact) mass is 387 g/mol. The number of thioether (sulfide) groups is 1. The molecule has 0 heterocycles. The van der Waals surface area contributed by atoms with Crippen molar-refractivity contribution in [2.24, 2.45) is 4.99 Å². The summed E-state index contributed by atoms with van der Waals surface area (Å²) < 4.78 is 13.2. The van der Waals surface area contributed by atoms with E-state index in [2.05, 4.69) is 74.7 Å². The summed E-state index contributed by atoms with van der Waals surface area (Å²) in [4.78, 5) is 6.03. The largest absolute Gasteiger partial charge is 0.248 e. The number of rotatable bonds is 3. The minimum absolute atomic E-state index is 0.146. The van der Waals surface area contributed by atoms with Crippen LogP contribution in [0.25, 0.3) is 0 Å². The first-order valence-electron chi connectivity index (χ1n) is 9.33. The predicted octanol–water partition coefficient (Wildman–Crippen LogP) is 7.22. The Morgan fingerprint density at radius 2 is 1.57 bits per heavy atom. The van der Waals surface area contributed by atoms with Crippen molar-refractivity contribution in [1.29, 1.82) is 0 Å². The van der Waals surface area contributed by atoms with E-state index < -0.39 is 0 Å². The Balaban J connectivity index is 1.80. The molecule has 1 aliphatic rings. The Bertz CT molecular complexity index is 1060. The molecule has 0 saturated carbocycles. The van der Waals surface area contributed by atoms with Gasteiger partial charge in [-0.15, -0.1) is 0 Å². The highest BCUT2D eigenvalue weighted by molar-refractivity contribution is 8.02. The molecule has 28 heavy (non-hydrogen) atoms. The highest BCUT2D eigenvalue weighted by Crippen LogP contribution is 2.45. The van der Waals surface area contributed by atoms with Crippen molar-refractivity contribution in [2.45, 2.75) is 31.1 Å². The maximum Gasteiger partial charge on any atom is 0.123 e. The van der Waals surface area contributed by atoms with Gasteiger partial charge >= 0.3 is 0 Å². The molecule has 140 valence electrons. The first-order valence-corrected chi connectivity index (χ1v) is 10.2. The van der Waals surface area contributed by atoms with Crippen LogP contribution >= 0.6 is 11.8 Å². The molecule has 0 unspecified atom stereocenters. The summed E-state index contributed by atoms with van der Waals surface area (Å²) in [6.45, 7) is 6.55. The summed E-state index contributed by atoms with van der Waals surface area (Å²) in [6, 6.07) is 23.4. The van der Waals surface area contributed by atoms with Crippen LogP contribution in [0.5, 0.6) is 0 Å². The number of nitrogens with zero attached hydrogens (tertiary/aromatic N) is 1. The standard InChI is InChI=1S/C25H22FNS/c1-17-8-12-19(13-9-17)27-24-21-6-4-5-7-22(21)25(2,3)23(24)16-28-20-14-10-18(26)11-15-20/h4-16H,1-3H3/b23-16-,27-24+. The number of halogens is 1. The molecule has 0 fully saturated rings. The second kappa shape index (κ2) is 7.40. The predicted molar refractivity (Wildman–Crippen MR) is 117 cm³/mol. The van der Waals surface area contributed by atoms with Crippen LogP contribution in [0.1, 0.15) is 30.5 Å². The molecule has 3 aromatic rings. The normalized spacial score (nSPS) is 17.9. The van der Waals surface area contributed by atoms with Gasteiger partial charge in [0, 0.05) is 15.9 Å². The summed E-state index contributed by atoms with van der Waals surface area (Å²) in [6.07, 6.45) is 0. The minimum atomic E-state index is -0.216. The van der Waals surface area contributed by atoms with E-state index in [-0.39, 0.29) is 11.2 Å². The Kier molecular flexibility index (Phi) is 4.94. The van der Waals surface area contributed by atoms with Crippen molar-refractivity contribution in [3.63, 3.8) is 0 Å². The fourth-order valence-electron chi connectivity index (χ4n) is 3.53. The van der Waals surface area contributed by atoms with E-state index >= 15 is 0 Å². The van der Waals surface area contributed by atoms with Crippen LogP contribution < -0.4 is 0 Å². The summed E-state index contributed by atoms with van der Waals surface area (Å²) in [5.74, 6) is -0.216. The number of fused-ring (bicyclic) bond motifs is 1. The zero-order chi connectivity index (χ0) is 19.7. The fourth-order valence-corrected chi connectivity index (χ4v) is 4.49. The summed E-state index contributed by atoms with van der Waals surface area (Å²) in [5.41, 5.74) is 6.69. The average Bonchev–Trinajstić information content (AvgIpc) is 2.90. The lowest BCUT2D eigenvalue weighted by atomic mass is 9.83. The average molecular weight is 388 g/mol. The van der Waals surface area contributed by atoms with Crippen LogP contribution in [0, 0.1) is 12.7 Å². The molecule has 1 aliphatic carbocycles. The number of benzene rings is 3. The molecule has 3 heteroatoms. The Labute approximate surface area is 170 Å². The second-order valence-electron chi connectivity index (χ2n) is 7.57. The van der Waals surface area contributed by atoms with Crippen LogP contribution in [0.2, 0.25) is 0 Å². The molecule has 3 aromatic carbocycles. The van der Waals surface area contributed by atoms with Crippen molar-refractivity contribution in [2.75, 3.05) is 0 Å². The van der Waals surface area contributed by atoms with Crippen LogP contribution in [0.15, 0.2) is 93.7 Å². The molecule has 0 aliphatic heterocycles. The van der Waals surface area contributed by atoms with Gasteiger partial charge in [0.05, 0.1) is 11.4 Å². The molecule has 0 spiro atoms. The Morgan fingerprint density at radius 3 is 2.29 bits per heavy atom. The lowest BCUT2D eigenvalue weighted by molar-refractivity contribution is 0.626. The molecule has 0 radical (unpaired) electrons. The quantitative estimate of drug-likeness (QED) is 0.432. The third-order valence-electron chi connectivity index (χ3n) is 5.19. The number of hydrogen-bond acceptors (Lipinski definition) is 2. The molecule has 0 N–H and O–H groups in total. The first kappa shape index (κ1) is 18.7. The van der Waals surface area contributed by atoms with Crippen LogP contribution in [0.4, 0.5) is 10.1 Å². The smallest absolute Gasteiger partial charge is 0.123 e. The fraction of sp³-hybridized carbons (Fsp3) is 0.160. The van der Waals surface area contributed by atoms with Gasteiger partial charge in [-0.3, -0.25) is 0 Å². The van der Waals surface area contributed by atoms with Gasteiger partial charge in [-0.1, -0.05) is 67.6 Å². The summed E-state index contributed by atoms with van der Waals surface area (Å²) >= 11 is 1.61. The van der Waals surface area contributed by atoms with E-state index in [9.17, 15) is 4.39 Å². The maximum absolute atomic E-state index is 13.2. The third-order valence-corrected chi connectivity index (χ3v) is 6.08. The van der Waals surface area contributed by atoms with Crippen molar-refractivity contribution in [3.05, 3.63) is 106 Å². The zero-order valence-electron chi connectivity index (χ0n) is 16.2. The number of aliphatic imine (C=N–C) groups is 1. The second-order valence-corrected chi connectivity index (χ2v) is 8.51. The van der Waals surface area contributed by atoms with Crippen LogP contribution in [0.3, 0.4) is 0 Å². The minimum Gasteiger partial charge on any atom is -0.248 e. The lowest BCUT2D eigenvalue weighted by Crippen LogP contribution is -2.17. The lowest BCUT2D eigenvalue weighted by Gasteiger charge is -2.21. The maximum atomic E-state index is 13.2. The van der Waals surface area contributed by atoms with Gasteiger partial charge in [0.15, 0.2) is 0 Å². The van der Waals surface area contributed by atoms with Gasteiger partial charge in [0.1, 0.15) is 5.82 Å². The highest BCUT2D eigenvalue weighted by atomic mass is 32.2. The molecule has 0 aromatic heterocycles. The first-order chi connectivity index (χ1) is 13.4. The molecule has 0 saturated heterocycles. The number of allylic oxidation sites excluding steroid dienone is 1. The summed E-state index contributed by atoms with van der Waals surface area (Å²) in [7, 11) is 0. The third kappa shape index (κ3) is 3.55.